The zero-order valence-electron chi connectivity index (χ0n) is 17.2. The van der Waals surface area contributed by atoms with Crippen molar-refractivity contribution in [2.24, 2.45) is 4.99 Å². The number of amides is 1. The molecule has 0 aliphatic heterocycles. The summed E-state index contributed by atoms with van der Waals surface area (Å²) in [5.41, 5.74) is -0.251. The molecule has 1 aromatic heterocycles. The molecule has 1 amide bonds. The topological polar surface area (TPSA) is 79.1 Å². The highest BCUT2D eigenvalue weighted by molar-refractivity contribution is 14.0. The Morgan fingerprint density at radius 1 is 1.37 bits per heavy atom. The van der Waals surface area contributed by atoms with Gasteiger partial charge in [-0.15, -0.1) is 24.0 Å². The molecular formula is C19H35IN4O3. The average molecular weight is 494 g/mol. The monoisotopic (exact) mass is 494 g/mol. The molecule has 0 unspecified atom stereocenters. The van der Waals surface area contributed by atoms with E-state index in [1.807, 2.05) is 51.8 Å². The molecule has 156 valence electrons. The number of ether oxygens (including phenoxy) is 1. The molecule has 8 heteroatoms. The van der Waals surface area contributed by atoms with Crippen molar-refractivity contribution in [2.45, 2.75) is 46.1 Å². The zero-order chi connectivity index (χ0) is 19.4. The maximum atomic E-state index is 12.2. The number of furan rings is 1. The standard InChI is InChI=1S/C19H34N4O3.HI/c1-6-25-13-8-11-20-18(21-12-10-16-9-7-14-26-16)23(5)15-17(24)22-19(2,3)4;/h7,9,14H,6,8,10-13,15H2,1-5H3,(H,20,21)(H,22,24);1H. The van der Waals surface area contributed by atoms with Crippen molar-refractivity contribution >= 4 is 35.8 Å². The molecule has 0 aliphatic carbocycles. The number of hydrogen-bond donors (Lipinski definition) is 2. The molecule has 0 saturated heterocycles. The molecule has 0 bridgehead atoms. The van der Waals surface area contributed by atoms with Crippen LogP contribution in [0.5, 0.6) is 0 Å². The van der Waals surface area contributed by atoms with Crippen molar-refractivity contribution in [1.82, 2.24) is 15.5 Å². The number of aliphatic imine (C=N–C) groups is 1. The summed E-state index contributed by atoms with van der Waals surface area (Å²) in [4.78, 5) is 18.6. The molecule has 27 heavy (non-hydrogen) atoms. The van der Waals surface area contributed by atoms with Crippen molar-refractivity contribution in [1.29, 1.82) is 0 Å². The number of nitrogens with one attached hydrogen (secondary N) is 2. The van der Waals surface area contributed by atoms with Gasteiger partial charge in [-0.3, -0.25) is 9.79 Å². The van der Waals surface area contributed by atoms with Crippen LogP contribution in [0.2, 0.25) is 0 Å². The van der Waals surface area contributed by atoms with Crippen molar-refractivity contribution in [3.05, 3.63) is 24.2 Å². The molecule has 1 rings (SSSR count). The minimum atomic E-state index is -0.251. The number of guanidine groups is 1. The predicted octanol–water partition coefficient (Wildman–Crippen LogP) is 2.66. The summed E-state index contributed by atoms with van der Waals surface area (Å²) >= 11 is 0. The van der Waals surface area contributed by atoms with E-state index in [-0.39, 0.29) is 42.0 Å². The van der Waals surface area contributed by atoms with Gasteiger partial charge < -0.3 is 24.7 Å². The summed E-state index contributed by atoms with van der Waals surface area (Å²) < 4.78 is 10.7. The molecule has 0 aromatic carbocycles. The van der Waals surface area contributed by atoms with Gasteiger partial charge in [-0.05, 0) is 46.2 Å². The zero-order valence-corrected chi connectivity index (χ0v) is 19.5. The van der Waals surface area contributed by atoms with Crippen LogP contribution in [0.1, 0.15) is 39.9 Å². The molecule has 0 saturated carbocycles. The first-order valence-corrected chi connectivity index (χ1v) is 9.22. The third-order valence-electron chi connectivity index (χ3n) is 3.40. The highest BCUT2D eigenvalue weighted by atomic mass is 127. The van der Waals surface area contributed by atoms with Crippen molar-refractivity contribution < 1.29 is 13.9 Å². The first-order chi connectivity index (χ1) is 12.3. The number of hydrogen-bond acceptors (Lipinski definition) is 4. The van der Waals surface area contributed by atoms with Crippen molar-refractivity contribution in [3.8, 4) is 0 Å². The first-order valence-electron chi connectivity index (χ1n) is 9.22. The largest absolute Gasteiger partial charge is 0.469 e. The van der Waals surface area contributed by atoms with Crippen molar-refractivity contribution in [3.63, 3.8) is 0 Å². The van der Waals surface area contributed by atoms with E-state index in [0.717, 1.165) is 18.6 Å². The van der Waals surface area contributed by atoms with Crippen LogP contribution >= 0.6 is 24.0 Å². The van der Waals surface area contributed by atoms with Crippen LogP contribution in [-0.2, 0) is 16.0 Å². The molecule has 2 N–H and O–H groups in total. The van der Waals surface area contributed by atoms with E-state index in [0.29, 0.717) is 32.3 Å². The van der Waals surface area contributed by atoms with Gasteiger partial charge >= 0.3 is 0 Å². The number of rotatable bonds is 10. The Hall–Kier alpha value is -1.29. The van der Waals surface area contributed by atoms with Crippen LogP contribution in [0.4, 0.5) is 0 Å². The third kappa shape index (κ3) is 12.7. The first kappa shape index (κ1) is 25.7. The number of halogens is 1. The summed E-state index contributed by atoms with van der Waals surface area (Å²) in [6.45, 7) is 10.9. The van der Waals surface area contributed by atoms with Crippen LogP contribution < -0.4 is 10.6 Å². The van der Waals surface area contributed by atoms with Crippen LogP contribution in [0.25, 0.3) is 0 Å². The van der Waals surface area contributed by atoms with Gasteiger partial charge in [-0.1, -0.05) is 0 Å². The normalized spacial score (nSPS) is 11.7. The fraction of sp³-hybridized carbons (Fsp3) is 0.684. The van der Waals surface area contributed by atoms with Gasteiger partial charge in [0.2, 0.25) is 5.91 Å². The molecule has 1 aromatic rings. The van der Waals surface area contributed by atoms with E-state index in [1.165, 1.54) is 0 Å². The lowest BCUT2D eigenvalue weighted by Crippen LogP contribution is -2.49. The maximum Gasteiger partial charge on any atom is 0.240 e. The van der Waals surface area contributed by atoms with Gasteiger partial charge in [-0.25, -0.2) is 0 Å². The molecule has 0 fully saturated rings. The SMILES string of the molecule is CCOCCCN=C(NCCc1ccco1)N(C)CC(=O)NC(C)(C)C.I. The van der Waals surface area contributed by atoms with Gasteiger partial charge in [0, 0.05) is 45.3 Å². The number of likely N-dealkylation sites (N-methyl/N-ethyl adjacent to an activating group) is 1. The minimum absolute atomic E-state index is 0. The van der Waals surface area contributed by atoms with Crippen LogP contribution in [0.15, 0.2) is 27.8 Å². The van der Waals surface area contributed by atoms with Gasteiger partial charge in [0.05, 0.1) is 12.8 Å². The maximum absolute atomic E-state index is 12.2. The Bertz CT molecular complexity index is 542. The Labute approximate surface area is 180 Å². The second kappa shape index (κ2) is 13.8. The number of carbonyl (C=O) groups excluding carboxylic acids is 1. The quantitative estimate of drug-likeness (QED) is 0.226. The lowest BCUT2D eigenvalue weighted by Gasteiger charge is -2.25. The fourth-order valence-electron chi connectivity index (χ4n) is 2.31. The Kier molecular flexibility index (Phi) is 13.2. The minimum Gasteiger partial charge on any atom is -0.469 e. The Morgan fingerprint density at radius 2 is 2.11 bits per heavy atom. The predicted molar refractivity (Wildman–Crippen MR) is 120 cm³/mol. The average Bonchev–Trinajstić information content (AvgIpc) is 3.04. The summed E-state index contributed by atoms with van der Waals surface area (Å²) in [6.07, 6.45) is 3.27. The van der Waals surface area contributed by atoms with E-state index in [4.69, 9.17) is 9.15 Å². The second-order valence-corrected chi connectivity index (χ2v) is 7.17. The van der Waals surface area contributed by atoms with E-state index in [9.17, 15) is 4.79 Å². The van der Waals surface area contributed by atoms with Gasteiger partial charge in [0.15, 0.2) is 5.96 Å². The van der Waals surface area contributed by atoms with Crippen LogP contribution in [-0.4, -0.2) is 62.2 Å². The highest BCUT2D eigenvalue weighted by Gasteiger charge is 2.16. The fourth-order valence-corrected chi connectivity index (χ4v) is 2.31. The summed E-state index contributed by atoms with van der Waals surface area (Å²) in [5, 5.41) is 6.28. The Morgan fingerprint density at radius 3 is 2.70 bits per heavy atom. The van der Waals surface area contributed by atoms with Gasteiger partial charge in [-0.2, -0.15) is 0 Å². The van der Waals surface area contributed by atoms with Gasteiger partial charge in [0.1, 0.15) is 5.76 Å². The molecule has 0 aliphatic rings. The molecule has 7 nitrogen and oxygen atoms in total. The number of nitrogens with zero attached hydrogens (tertiary/aromatic N) is 2. The highest BCUT2D eigenvalue weighted by Crippen LogP contribution is 2.01. The molecular weight excluding hydrogens is 459 g/mol. The molecule has 0 spiro atoms. The van der Waals surface area contributed by atoms with E-state index in [1.54, 1.807) is 6.26 Å². The second-order valence-electron chi connectivity index (χ2n) is 7.17. The lowest BCUT2D eigenvalue weighted by molar-refractivity contribution is -0.122. The molecule has 1 heterocycles. The lowest BCUT2D eigenvalue weighted by atomic mass is 10.1. The summed E-state index contributed by atoms with van der Waals surface area (Å²) in [6, 6.07) is 3.82. The molecule has 0 atom stereocenters. The van der Waals surface area contributed by atoms with Crippen LogP contribution in [0, 0.1) is 0 Å². The Balaban J connectivity index is 0.00000676. The smallest absolute Gasteiger partial charge is 0.240 e. The van der Waals surface area contributed by atoms with E-state index >= 15 is 0 Å². The van der Waals surface area contributed by atoms with Crippen LogP contribution in [0.3, 0.4) is 0 Å². The third-order valence-corrected chi connectivity index (χ3v) is 3.40. The number of carbonyl (C=O) groups is 1. The van der Waals surface area contributed by atoms with Crippen molar-refractivity contribution in [2.75, 3.05) is 39.9 Å². The van der Waals surface area contributed by atoms with E-state index in [2.05, 4.69) is 15.6 Å². The molecule has 0 radical (unpaired) electrons. The van der Waals surface area contributed by atoms with E-state index < -0.39 is 0 Å². The summed E-state index contributed by atoms with van der Waals surface area (Å²) in [7, 11) is 1.86. The van der Waals surface area contributed by atoms with Gasteiger partial charge in [0.25, 0.3) is 0 Å². The summed E-state index contributed by atoms with van der Waals surface area (Å²) in [5.74, 6) is 1.59.